The minimum atomic E-state index is -0.775. The number of hydrogen-bond donors (Lipinski definition) is 1. The molecule has 1 saturated heterocycles. The third kappa shape index (κ3) is 2.63. The number of carbonyl (C=O) groups is 1. The molecule has 0 saturated carbocycles. The monoisotopic (exact) mass is 333 g/mol. The van der Waals surface area contributed by atoms with Gasteiger partial charge in [-0.15, -0.1) is 0 Å². The van der Waals surface area contributed by atoms with Gasteiger partial charge in [0.05, 0.1) is 24.8 Å². The zero-order valence-corrected chi connectivity index (χ0v) is 12.2. The van der Waals surface area contributed by atoms with Gasteiger partial charge >= 0.3 is 5.97 Å². The summed E-state index contributed by atoms with van der Waals surface area (Å²) in [6.45, 7) is 2.76. The Labute approximate surface area is 119 Å². The number of hydrogen-bond acceptors (Lipinski definition) is 4. The second-order valence-corrected chi connectivity index (χ2v) is 5.31. The molecule has 18 heavy (non-hydrogen) atoms. The number of ether oxygens (including phenoxy) is 2. The molecule has 0 amide bonds. The van der Waals surface area contributed by atoms with Crippen molar-refractivity contribution >= 4 is 39.2 Å². The lowest BCUT2D eigenvalue weighted by atomic mass is 9.97. The molecule has 1 fully saturated rings. The van der Waals surface area contributed by atoms with Crippen molar-refractivity contribution in [1.82, 2.24) is 0 Å². The number of halogens is 2. The van der Waals surface area contributed by atoms with Gasteiger partial charge in [0.2, 0.25) is 0 Å². The van der Waals surface area contributed by atoms with Crippen LogP contribution in [0.1, 0.15) is 6.92 Å². The van der Waals surface area contributed by atoms with Crippen molar-refractivity contribution < 1.29 is 14.3 Å². The summed E-state index contributed by atoms with van der Waals surface area (Å²) in [6, 6.07) is 5.39. The van der Waals surface area contributed by atoms with Crippen molar-refractivity contribution in [1.29, 1.82) is 0 Å². The Bertz CT molecular complexity index is 463. The van der Waals surface area contributed by atoms with Crippen LogP contribution in [0.15, 0.2) is 22.7 Å². The second kappa shape index (κ2) is 5.47. The minimum absolute atomic E-state index is 0.290. The maximum absolute atomic E-state index is 11.9. The Morgan fingerprint density at radius 3 is 2.83 bits per heavy atom. The number of benzene rings is 1. The molecule has 0 bridgehead atoms. The van der Waals surface area contributed by atoms with Crippen LogP contribution in [0.25, 0.3) is 0 Å². The molecule has 2 rings (SSSR count). The SMILES string of the molecule is CCOC(=O)C1(Nc2ccc(Cl)c(Br)c2)COC1. The molecule has 0 unspecified atom stereocenters. The second-order valence-electron chi connectivity index (χ2n) is 4.05. The van der Waals surface area contributed by atoms with Crippen LogP contribution in [0.3, 0.4) is 0 Å². The van der Waals surface area contributed by atoms with Crippen LogP contribution in [0, 0.1) is 0 Å². The molecule has 1 heterocycles. The van der Waals surface area contributed by atoms with Gasteiger partial charge in [0.25, 0.3) is 0 Å². The molecular formula is C12H13BrClNO3. The largest absolute Gasteiger partial charge is 0.464 e. The normalized spacial score (nSPS) is 16.8. The van der Waals surface area contributed by atoms with E-state index in [9.17, 15) is 4.79 Å². The molecule has 1 aromatic rings. The predicted molar refractivity (Wildman–Crippen MR) is 73.0 cm³/mol. The zero-order chi connectivity index (χ0) is 13.2. The van der Waals surface area contributed by atoms with Gasteiger partial charge in [-0.2, -0.15) is 0 Å². The van der Waals surface area contributed by atoms with Gasteiger partial charge in [0.1, 0.15) is 0 Å². The molecule has 1 aliphatic heterocycles. The quantitative estimate of drug-likeness (QED) is 0.860. The Kier molecular flexibility index (Phi) is 4.14. The van der Waals surface area contributed by atoms with Crippen LogP contribution < -0.4 is 5.32 Å². The molecule has 6 heteroatoms. The summed E-state index contributed by atoms with van der Waals surface area (Å²) in [5.74, 6) is -0.290. The fraction of sp³-hybridized carbons (Fsp3) is 0.417. The minimum Gasteiger partial charge on any atom is -0.464 e. The predicted octanol–water partition coefficient (Wildman–Crippen LogP) is 2.85. The van der Waals surface area contributed by atoms with E-state index in [1.54, 1.807) is 13.0 Å². The van der Waals surface area contributed by atoms with Gasteiger partial charge in [-0.05, 0) is 41.1 Å². The van der Waals surface area contributed by atoms with Crippen LogP contribution in [-0.4, -0.2) is 31.3 Å². The molecule has 0 atom stereocenters. The molecule has 0 aromatic heterocycles. The molecule has 0 spiro atoms. The van der Waals surface area contributed by atoms with Crippen molar-refractivity contribution in [2.75, 3.05) is 25.1 Å². The van der Waals surface area contributed by atoms with Gasteiger partial charge in [0, 0.05) is 10.2 Å². The van der Waals surface area contributed by atoms with E-state index in [4.69, 9.17) is 21.1 Å². The molecular weight excluding hydrogens is 321 g/mol. The first kappa shape index (κ1) is 13.6. The average molecular weight is 335 g/mol. The first-order valence-corrected chi connectivity index (χ1v) is 6.73. The summed E-state index contributed by atoms with van der Waals surface area (Å²) in [7, 11) is 0. The van der Waals surface area contributed by atoms with E-state index in [1.807, 2.05) is 12.1 Å². The summed E-state index contributed by atoms with van der Waals surface area (Å²) >= 11 is 9.26. The van der Waals surface area contributed by atoms with Crippen LogP contribution in [-0.2, 0) is 14.3 Å². The smallest absolute Gasteiger partial charge is 0.336 e. The number of carbonyl (C=O) groups excluding carboxylic acids is 1. The van der Waals surface area contributed by atoms with Crippen LogP contribution in [0.4, 0.5) is 5.69 Å². The summed E-state index contributed by atoms with van der Waals surface area (Å²) in [6.07, 6.45) is 0. The third-order valence-corrected chi connectivity index (χ3v) is 3.88. The van der Waals surface area contributed by atoms with Crippen LogP contribution in [0.2, 0.25) is 5.02 Å². The first-order chi connectivity index (χ1) is 8.57. The van der Waals surface area contributed by atoms with E-state index in [2.05, 4.69) is 21.2 Å². The van der Waals surface area contributed by atoms with E-state index in [0.717, 1.165) is 10.2 Å². The number of esters is 1. The number of rotatable bonds is 4. The molecule has 4 nitrogen and oxygen atoms in total. The van der Waals surface area contributed by atoms with E-state index in [-0.39, 0.29) is 5.97 Å². The van der Waals surface area contributed by atoms with E-state index < -0.39 is 5.54 Å². The van der Waals surface area contributed by atoms with E-state index >= 15 is 0 Å². The van der Waals surface area contributed by atoms with Crippen molar-refractivity contribution in [3.63, 3.8) is 0 Å². The topological polar surface area (TPSA) is 47.6 Å². The Morgan fingerprint density at radius 2 is 2.33 bits per heavy atom. The Balaban J connectivity index is 2.15. The van der Waals surface area contributed by atoms with Gasteiger partial charge in [-0.3, -0.25) is 0 Å². The highest BCUT2D eigenvalue weighted by atomic mass is 79.9. The Morgan fingerprint density at radius 1 is 1.61 bits per heavy atom. The maximum atomic E-state index is 11.9. The Hall–Kier alpha value is -0.780. The van der Waals surface area contributed by atoms with Crippen molar-refractivity contribution in [2.45, 2.75) is 12.5 Å². The highest BCUT2D eigenvalue weighted by molar-refractivity contribution is 9.10. The molecule has 1 aliphatic rings. The first-order valence-electron chi connectivity index (χ1n) is 5.55. The number of anilines is 1. The molecule has 1 aromatic carbocycles. The highest BCUT2D eigenvalue weighted by Gasteiger charge is 2.47. The van der Waals surface area contributed by atoms with Crippen molar-refractivity contribution in [2.24, 2.45) is 0 Å². The summed E-state index contributed by atoms with van der Waals surface area (Å²) in [5.41, 5.74) is 0.0196. The highest BCUT2D eigenvalue weighted by Crippen LogP contribution is 2.30. The lowest BCUT2D eigenvalue weighted by Crippen LogP contribution is -2.62. The molecule has 98 valence electrons. The average Bonchev–Trinajstić information content (AvgIpc) is 2.28. The van der Waals surface area contributed by atoms with E-state index in [1.165, 1.54) is 0 Å². The molecule has 0 radical (unpaired) electrons. The number of nitrogens with one attached hydrogen (secondary N) is 1. The fourth-order valence-electron chi connectivity index (χ4n) is 1.67. The van der Waals surface area contributed by atoms with Crippen molar-refractivity contribution in [3.05, 3.63) is 27.7 Å². The van der Waals surface area contributed by atoms with E-state index in [0.29, 0.717) is 24.8 Å². The maximum Gasteiger partial charge on any atom is 0.336 e. The van der Waals surface area contributed by atoms with Gasteiger partial charge < -0.3 is 14.8 Å². The van der Waals surface area contributed by atoms with Gasteiger partial charge in [0.15, 0.2) is 5.54 Å². The van der Waals surface area contributed by atoms with Gasteiger partial charge in [-0.25, -0.2) is 4.79 Å². The van der Waals surface area contributed by atoms with Crippen LogP contribution in [0.5, 0.6) is 0 Å². The van der Waals surface area contributed by atoms with Crippen molar-refractivity contribution in [3.8, 4) is 0 Å². The fourth-order valence-corrected chi connectivity index (χ4v) is 2.16. The standard InChI is InChI=1S/C12H13BrClNO3/c1-2-18-11(16)12(6-17-7-12)15-8-3-4-10(14)9(13)5-8/h3-5,15H,2,6-7H2,1H3. The third-order valence-electron chi connectivity index (χ3n) is 2.67. The summed E-state index contributed by atoms with van der Waals surface area (Å²) in [5, 5.41) is 3.78. The lowest BCUT2D eigenvalue weighted by Gasteiger charge is -2.40. The summed E-state index contributed by atoms with van der Waals surface area (Å²) < 4.78 is 11.0. The molecule has 0 aliphatic carbocycles. The van der Waals surface area contributed by atoms with Crippen LogP contribution >= 0.6 is 27.5 Å². The summed E-state index contributed by atoms with van der Waals surface area (Å²) in [4.78, 5) is 11.9. The zero-order valence-electron chi connectivity index (χ0n) is 9.83. The molecule has 1 N–H and O–H groups in total. The van der Waals surface area contributed by atoms with Gasteiger partial charge in [-0.1, -0.05) is 11.6 Å². The lowest BCUT2D eigenvalue weighted by molar-refractivity contribution is -0.164.